The average molecular weight is 361 g/mol. The predicted octanol–water partition coefficient (Wildman–Crippen LogP) is 5.07. The van der Waals surface area contributed by atoms with Gasteiger partial charge in [0.15, 0.2) is 0 Å². The highest BCUT2D eigenvalue weighted by Crippen LogP contribution is 2.22. The van der Waals surface area contributed by atoms with Crippen molar-refractivity contribution in [2.75, 3.05) is 10.6 Å². The number of nitrogens with one attached hydrogen (secondary N) is 2. The van der Waals surface area contributed by atoms with Gasteiger partial charge in [0.2, 0.25) is 5.95 Å². The van der Waals surface area contributed by atoms with Crippen LogP contribution in [0, 0.1) is 18.6 Å². The third-order valence-corrected chi connectivity index (χ3v) is 3.71. The van der Waals surface area contributed by atoms with Crippen molar-refractivity contribution >= 4 is 29.1 Å². The van der Waals surface area contributed by atoms with Crippen molar-refractivity contribution in [3.05, 3.63) is 76.4 Å². The van der Waals surface area contributed by atoms with Gasteiger partial charge in [-0.3, -0.25) is 0 Å². The largest absolute Gasteiger partial charge is 0.366 e. The van der Waals surface area contributed by atoms with Gasteiger partial charge in [0.1, 0.15) is 17.5 Å². The molecular formula is C18H15ClF2N4. The summed E-state index contributed by atoms with van der Waals surface area (Å²) in [5, 5.41) is 6.18. The lowest BCUT2D eigenvalue weighted by Crippen LogP contribution is -2.05. The summed E-state index contributed by atoms with van der Waals surface area (Å²) in [6.07, 6.45) is 0. The van der Waals surface area contributed by atoms with Crippen molar-refractivity contribution in [3.63, 3.8) is 0 Å². The molecule has 1 heterocycles. The van der Waals surface area contributed by atoms with Gasteiger partial charge in [-0.25, -0.2) is 13.8 Å². The average Bonchev–Trinajstić information content (AvgIpc) is 2.57. The second-order valence-corrected chi connectivity index (χ2v) is 5.86. The van der Waals surface area contributed by atoms with Gasteiger partial charge in [-0.05, 0) is 42.8 Å². The van der Waals surface area contributed by atoms with Gasteiger partial charge in [0.25, 0.3) is 0 Å². The SMILES string of the molecule is Cc1cc(NCc2ccc(F)cc2)nc(Nc2ccc(F)c(Cl)c2)n1. The van der Waals surface area contributed by atoms with Crippen molar-refractivity contribution in [2.45, 2.75) is 13.5 Å². The predicted molar refractivity (Wildman–Crippen MR) is 95.2 cm³/mol. The summed E-state index contributed by atoms with van der Waals surface area (Å²) in [6, 6.07) is 12.3. The molecule has 2 N–H and O–H groups in total. The number of aromatic nitrogens is 2. The molecule has 4 nitrogen and oxygen atoms in total. The molecule has 0 spiro atoms. The number of aryl methyl sites for hydroxylation is 1. The van der Waals surface area contributed by atoms with Crippen LogP contribution in [0.2, 0.25) is 5.02 Å². The first-order valence-corrected chi connectivity index (χ1v) is 7.93. The van der Waals surface area contributed by atoms with E-state index in [1.165, 1.54) is 24.3 Å². The first-order valence-electron chi connectivity index (χ1n) is 7.56. The smallest absolute Gasteiger partial charge is 0.229 e. The molecule has 0 aliphatic rings. The maximum Gasteiger partial charge on any atom is 0.229 e. The molecule has 0 bridgehead atoms. The molecule has 0 radical (unpaired) electrons. The molecule has 0 fully saturated rings. The number of benzene rings is 2. The molecule has 25 heavy (non-hydrogen) atoms. The van der Waals surface area contributed by atoms with Crippen molar-refractivity contribution < 1.29 is 8.78 Å². The Kier molecular flexibility index (Phi) is 5.09. The van der Waals surface area contributed by atoms with Crippen LogP contribution in [-0.2, 0) is 6.54 Å². The molecule has 0 unspecified atom stereocenters. The zero-order valence-corrected chi connectivity index (χ0v) is 14.1. The fourth-order valence-electron chi connectivity index (χ4n) is 2.21. The topological polar surface area (TPSA) is 49.8 Å². The number of hydrogen-bond acceptors (Lipinski definition) is 4. The van der Waals surface area contributed by atoms with E-state index >= 15 is 0 Å². The third kappa shape index (κ3) is 4.64. The molecule has 0 amide bonds. The highest BCUT2D eigenvalue weighted by Gasteiger charge is 2.06. The summed E-state index contributed by atoms with van der Waals surface area (Å²) in [5.41, 5.74) is 2.27. The van der Waals surface area contributed by atoms with E-state index in [0.29, 0.717) is 24.0 Å². The molecule has 0 saturated carbocycles. The van der Waals surface area contributed by atoms with Crippen LogP contribution in [0.5, 0.6) is 0 Å². The van der Waals surface area contributed by atoms with Gasteiger partial charge < -0.3 is 10.6 Å². The van der Waals surface area contributed by atoms with Crippen LogP contribution in [0.3, 0.4) is 0 Å². The fourth-order valence-corrected chi connectivity index (χ4v) is 2.39. The minimum Gasteiger partial charge on any atom is -0.366 e. The Bertz CT molecular complexity index is 885. The molecule has 0 aliphatic heterocycles. The summed E-state index contributed by atoms with van der Waals surface area (Å²) < 4.78 is 26.2. The molecular weight excluding hydrogens is 346 g/mol. The Labute approximate surface area is 148 Å². The highest BCUT2D eigenvalue weighted by atomic mass is 35.5. The number of anilines is 3. The summed E-state index contributed by atoms with van der Waals surface area (Å²) in [4.78, 5) is 8.67. The van der Waals surface area contributed by atoms with Crippen LogP contribution in [-0.4, -0.2) is 9.97 Å². The Morgan fingerprint density at radius 2 is 1.76 bits per heavy atom. The zero-order valence-electron chi connectivity index (χ0n) is 13.4. The lowest BCUT2D eigenvalue weighted by Gasteiger charge is -2.10. The normalized spacial score (nSPS) is 10.6. The molecule has 0 atom stereocenters. The van der Waals surface area contributed by atoms with Crippen LogP contribution in [0.4, 0.5) is 26.2 Å². The molecule has 0 aliphatic carbocycles. The number of nitrogens with zero attached hydrogens (tertiary/aromatic N) is 2. The lowest BCUT2D eigenvalue weighted by atomic mass is 10.2. The second kappa shape index (κ2) is 7.44. The number of rotatable bonds is 5. The Morgan fingerprint density at radius 1 is 1.00 bits per heavy atom. The molecule has 7 heteroatoms. The van der Waals surface area contributed by atoms with Gasteiger partial charge in [0, 0.05) is 24.0 Å². The number of hydrogen-bond donors (Lipinski definition) is 2. The van der Waals surface area contributed by atoms with Crippen molar-refractivity contribution in [2.24, 2.45) is 0 Å². The molecule has 3 rings (SSSR count). The van der Waals surface area contributed by atoms with Gasteiger partial charge in [-0.1, -0.05) is 23.7 Å². The molecule has 2 aromatic carbocycles. The van der Waals surface area contributed by atoms with E-state index in [9.17, 15) is 8.78 Å². The van der Waals surface area contributed by atoms with E-state index in [2.05, 4.69) is 20.6 Å². The van der Waals surface area contributed by atoms with Crippen LogP contribution in [0.15, 0.2) is 48.5 Å². The Balaban J connectivity index is 1.73. The number of halogens is 3. The van der Waals surface area contributed by atoms with Crippen LogP contribution < -0.4 is 10.6 Å². The van der Waals surface area contributed by atoms with Gasteiger partial charge in [-0.2, -0.15) is 4.98 Å². The first-order chi connectivity index (χ1) is 12.0. The maximum absolute atomic E-state index is 13.2. The maximum atomic E-state index is 13.2. The molecule has 0 saturated heterocycles. The summed E-state index contributed by atoms with van der Waals surface area (Å²) >= 11 is 5.78. The highest BCUT2D eigenvalue weighted by molar-refractivity contribution is 6.31. The standard InChI is InChI=1S/C18H15ClF2N4/c1-11-8-17(22-10-12-2-4-13(20)5-3-12)25-18(23-11)24-14-6-7-16(21)15(19)9-14/h2-9H,10H2,1H3,(H2,22,23,24,25). The summed E-state index contributed by atoms with van der Waals surface area (Å²) in [5.74, 6) is 0.224. The van der Waals surface area contributed by atoms with E-state index < -0.39 is 5.82 Å². The monoisotopic (exact) mass is 360 g/mol. The van der Waals surface area contributed by atoms with E-state index in [4.69, 9.17) is 11.6 Å². The van der Waals surface area contributed by atoms with Gasteiger partial charge in [0.05, 0.1) is 5.02 Å². The third-order valence-electron chi connectivity index (χ3n) is 3.42. The van der Waals surface area contributed by atoms with Gasteiger partial charge >= 0.3 is 0 Å². The van der Waals surface area contributed by atoms with E-state index in [1.54, 1.807) is 24.3 Å². The van der Waals surface area contributed by atoms with Crippen molar-refractivity contribution in [1.82, 2.24) is 9.97 Å². The minimum atomic E-state index is -0.487. The van der Waals surface area contributed by atoms with Crippen LogP contribution in [0.1, 0.15) is 11.3 Å². The van der Waals surface area contributed by atoms with Crippen molar-refractivity contribution in [1.29, 1.82) is 0 Å². The van der Waals surface area contributed by atoms with Crippen molar-refractivity contribution in [3.8, 4) is 0 Å². The Hall–Kier alpha value is -2.73. The minimum absolute atomic E-state index is 0.0207. The molecule has 128 valence electrons. The lowest BCUT2D eigenvalue weighted by molar-refractivity contribution is 0.627. The van der Waals surface area contributed by atoms with E-state index in [0.717, 1.165) is 11.3 Å². The fraction of sp³-hybridized carbons (Fsp3) is 0.111. The quantitative estimate of drug-likeness (QED) is 0.666. The summed E-state index contributed by atoms with van der Waals surface area (Å²) in [6.45, 7) is 2.34. The molecule has 3 aromatic rings. The van der Waals surface area contributed by atoms with E-state index in [1.807, 2.05) is 6.92 Å². The van der Waals surface area contributed by atoms with Gasteiger partial charge in [-0.15, -0.1) is 0 Å². The van der Waals surface area contributed by atoms with Crippen LogP contribution in [0.25, 0.3) is 0 Å². The van der Waals surface area contributed by atoms with E-state index in [-0.39, 0.29) is 10.8 Å². The second-order valence-electron chi connectivity index (χ2n) is 5.45. The molecule has 1 aromatic heterocycles. The van der Waals surface area contributed by atoms with Crippen LogP contribution >= 0.6 is 11.6 Å². The first kappa shape index (κ1) is 17.1. The zero-order chi connectivity index (χ0) is 17.8. The summed E-state index contributed by atoms with van der Waals surface area (Å²) in [7, 11) is 0. The Morgan fingerprint density at radius 3 is 2.48 bits per heavy atom.